The van der Waals surface area contributed by atoms with Crippen molar-refractivity contribution in [3.63, 3.8) is 0 Å². The highest BCUT2D eigenvalue weighted by Crippen LogP contribution is 2.24. The van der Waals surface area contributed by atoms with Crippen molar-refractivity contribution in [2.75, 3.05) is 19.6 Å². The lowest BCUT2D eigenvalue weighted by Crippen LogP contribution is -2.40. The van der Waals surface area contributed by atoms with Crippen molar-refractivity contribution in [2.24, 2.45) is 5.92 Å². The monoisotopic (exact) mass is 406 g/mol. The molecule has 30 heavy (non-hydrogen) atoms. The molecular weight excluding hydrogens is 380 g/mol. The second kappa shape index (κ2) is 8.69. The van der Waals surface area contributed by atoms with Crippen molar-refractivity contribution in [2.45, 2.75) is 32.2 Å². The summed E-state index contributed by atoms with van der Waals surface area (Å²) in [5, 5.41) is 9.39. The highest BCUT2D eigenvalue weighted by Gasteiger charge is 2.28. The SMILES string of the molecule is O=C(c1ccc(O)cc1)C1CCN(C(=O)c2cccc(CN3CCCC3=O)c2)CC1. The number of ketones is 1. The van der Waals surface area contributed by atoms with Crippen LogP contribution in [-0.2, 0) is 11.3 Å². The zero-order chi connectivity index (χ0) is 21.1. The van der Waals surface area contributed by atoms with E-state index in [-0.39, 0.29) is 29.3 Å². The van der Waals surface area contributed by atoms with E-state index in [0.29, 0.717) is 50.0 Å². The number of benzene rings is 2. The molecule has 0 saturated carbocycles. The Morgan fingerprint density at radius 3 is 2.37 bits per heavy atom. The van der Waals surface area contributed by atoms with Crippen LogP contribution in [0, 0.1) is 5.92 Å². The maximum atomic E-state index is 13.0. The van der Waals surface area contributed by atoms with Crippen LogP contribution in [0.25, 0.3) is 0 Å². The molecule has 0 atom stereocenters. The zero-order valence-corrected chi connectivity index (χ0v) is 16.9. The van der Waals surface area contributed by atoms with Crippen molar-refractivity contribution in [1.29, 1.82) is 0 Å². The highest BCUT2D eigenvalue weighted by molar-refractivity contribution is 5.98. The number of carbonyl (C=O) groups excluding carboxylic acids is 3. The number of carbonyl (C=O) groups is 3. The smallest absolute Gasteiger partial charge is 0.253 e. The summed E-state index contributed by atoms with van der Waals surface area (Å²) in [6.45, 7) is 2.41. The Morgan fingerprint density at radius 2 is 1.70 bits per heavy atom. The fourth-order valence-electron chi connectivity index (χ4n) is 4.28. The molecule has 0 aliphatic carbocycles. The molecule has 2 saturated heterocycles. The highest BCUT2D eigenvalue weighted by atomic mass is 16.3. The molecule has 4 rings (SSSR count). The first-order chi connectivity index (χ1) is 14.5. The van der Waals surface area contributed by atoms with Crippen LogP contribution in [0.2, 0.25) is 0 Å². The van der Waals surface area contributed by atoms with Crippen LogP contribution in [0.1, 0.15) is 52.0 Å². The summed E-state index contributed by atoms with van der Waals surface area (Å²) in [5.74, 6) is 0.251. The van der Waals surface area contributed by atoms with Gasteiger partial charge in [-0.05, 0) is 61.2 Å². The van der Waals surface area contributed by atoms with Gasteiger partial charge in [0.25, 0.3) is 5.91 Å². The molecule has 0 radical (unpaired) electrons. The number of likely N-dealkylation sites (tertiary alicyclic amines) is 2. The van der Waals surface area contributed by atoms with E-state index in [4.69, 9.17) is 0 Å². The van der Waals surface area contributed by atoms with Gasteiger partial charge in [0, 0.05) is 49.6 Å². The van der Waals surface area contributed by atoms with Gasteiger partial charge in [0.1, 0.15) is 5.75 Å². The van der Waals surface area contributed by atoms with Crippen LogP contribution in [0.5, 0.6) is 5.75 Å². The molecule has 0 aromatic heterocycles. The van der Waals surface area contributed by atoms with Gasteiger partial charge >= 0.3 is 0 Å². The average molecular weight is 406 g/mol. The van der Waals surface area contributed by atoms with Gasteiger partial charge in [-0.25, -0.2) is 0 Å². The van der Waals surface area contributed by atoms with E-state index in [2.05, 4.69) is 0 Å². The largest absolute Gasteiger partial charge is 0.508 e. The minimum Gasteiger partial charge on any atom is -0.508 e. The molecule has 6 nitrogen and oxygen atoms in total. The maximum Gasteiger partial charge on any atom is 0.253 e. The second-order valence-corrected chi connectivity index (χ2v) is 8.10. The van der Waals surface area contributed by atoms with Crippen molar-refractivity contribution < 1.29 is 19.5 Å². The van der Waals surface area contributed by atoms with E-state index in [1.165, 1.54) is 12.1 Å². The lowest BCUT2D eigenvalue weighted by molar-refractivity contribution is -0.128. The molecule has 2 aromatic rings. The molecule has 2 aliphatic heterocycles. The number of Topliss-reactive ketones (excluding diaryl/α,β-unsaturated/α-hetero) is 1. The number of hydrogen-bond acceptors (Lipinski definition) is 4. The summed E-state index contributed by atoms with van der Waals surface area (Å²) in [5.41, 5.74) is 2.19. The second-order valence-electron chi connectivity index (χ2n) is 8.10. The van der Waals surface area contributed by atoms with Gasteiger partial charge in [0.15, 0.2) is 5.78 Å². The topological polar surface area (TPSA) is 77.9 Å². The van der Waals surface area contributed by atoms with E-state index in [1.54, 1.807) is 17.0 Å². The molecule has 2 fully saturated rings. The van der Waals surface area contributed by atoms with Gasteiger partial charge in [0.2, 0.25) is 5.91 Å². The summed E-state index contributed by atoms with van der Waals surface area (Å²) in [4.78, 5) is 41.2. The Labute approximate surface area is 176 Å². The van der Waals surface area contributed by atoms with Crippen LogP contribution >= 0.6 is 0 Å². The van der Waals surface area contributed by atoms with Crippen LogP contribution in [0.4, 0.5) is 0 Å². The summed E-state index contributed by atoms with van der Waals surface area (Å²) in [6.07, 6.45) is 2.77. The van der Waals surface area contributed by atoms with Crippen molar-refractivity contribution >= 4 is 17.6 Å². The molecule has 6 heteroatoms. The van der Waals surface area contributed by atoms with Crippen molar-refractivity contribution in [3.8, 4) is 5.75 Å². The predicted molar refractivity (Wildman–Crippen MR) is 112 cm³/mol. The average Bonchev–Trinajstić information content (AvgIpc) is 3.18. The summed E-state index contributed by atoms with van der Waals surface area (Å²) < 4.78 is 0. The number of amides is 2. The van der Waals surface area contributed by atoms with Gasteiger partial charge in [-0.2, -0.15) is 0 Å². The molecule has 156 valence electrons. The van der Waals surface area contributed by atoms with Crippen LogP contribution < -0.4 is 0 Å². The van der Waals surface area contributed by atoms with Gasteiger partial charge in [0.05, 0.1) is 0 Å². The number of piperidine rings is 1. The molecule has 0 bridgehead atoms. The minimum atomic E-state index is -0.105. The van der Waals surface area contributed by atoms with E-state index in [0.717, 1.165) is 18.5 Å². The number of phenols is 1. The number of aromatic hydroxyl groups is 1. The molecule has 0 unspecified atom stereocenters. The van der Waals surface area contributed by atoms with Gasteiger partial charge in [-0.1, -0.05) is 12.1 Å². The maximum absolute atomic E-state index is 13.0. The Bertz CT molecular complexity index is 946. The Hall–Kier alpha value is -3.15. The van der Waals surface area contributed by atoms with Crippen molar-refractivity contribution in [3.05, 3.63) is 65.2 Å². The van der Waals surface area contributed by atoms with Gasteiger partial charge < -0.3 is 14.9 Å². The fraction of sp³-hybridized carbons (Fsp3) is 0.375. The predicted octanol–water partition coefficient (Wildman–Crippen LogP) is 3.25. The normalized spacial score (nSPS) is 17.4. The van der Waals surface area contributed by atoms with E-state index < -0.39 is 0 Å². The number of nitrogens with zero attached hydrogens (tertiary/aromatic N) is 2. The summed E-state index contributed by atoms with van der Waals surface area (Å²) >= 11 is 0. The molecule has 2 aromatic carbocycles. The molecule has 0 spiro atoms. The Morgan fingerprint density at radius 1 is 0.967 bits per heavy atom. The number of rotatable bonds is 5. The lowest BCUT2D eigenvalue weighted by atomic mass is 9.88. The van der Waals surface area contributed by atoms with Gasteiger partial charge in [-0.15, -0.1) is 0 Å². The molecular formula is C24H26N2O4. The van der Waals surface area contributed by atoms with Gasteiger partial charge in [-0.3, -0.25) is 14.4 Å². The van der Waals surface area contributed by atoms with E-state index >= 15 is 0 Å². The first-order valence-electron chi connectivity index (χ1n) is 10.5. The quantitative estimate of drug-likeness (QED) is 0.774. The van der Waals surface area contributed by atoms with Crippen LogP contribution in [-0.4, -0.2) is 52.1 Å². The third-order valence-corrected chi connectivity index (χ3v) is 6.02. The van der Waals surface area contributed by atoms with Crippen molar-refractivity contribution in [1.82, 2.24) is 9.80 Å². The van der Waals surface area contributed by atoms with Crippen LogP contribution in [0.3, 0.4) is 0 Å². The third-order valence-electron chi connectivity index (χ3n) is 6.02. The third kappa shape index (κ3) is 4.37. The summed E-state index contributed by atoms with van der Waals surface area (Å²) in [7, 11) is 0. The molecule has 1 N–H and O–H groups in total. The zero-order valence-electron chi connectivity index (χ0n) is 16.9. The van der Waals surface area contributed by atoms with E-state index in [9.17, 15) is 19.5 Å². The Balaban J connectivity index is 1.36. The standard InChI is InChI=1S/C24H26N2O4/c27-21-8-6-18(7-9-21)23(29)19-10-13-25(14-11-19)24(30)20-4-1-3-17(15-20)16-26-12-2-5-22(26)28/h1,3-4,6-9,15,19,27H,2,5,10-14,16H2. The lowest BCUT2D eigenvalue weighted by Gasteiger charge is -2.31. The molecule has 2 aliphatic rings. The molecule has 2 heterocycles. The first kappa shape index (κ1) is 20.1. The number of hydrogen-bond donors (Lipinski definition) is 1. The summed E-state index contributed by atoms with van der Waals surface area (Å²) in [6, 6.07) is 13.8. The first-order valence-corrected chi connectivity index (χ1v) is 10.5. The fourth-order valence-corrected chi connectivity index (χ4v) is 4.28. The van der Waals surface area contributed by atoms with E-state index in [1.807, 2.05) is 29.2 Å². The number of phenolic OH excluding ortho intramolecular Hbond substituents is 1. The van der Waals surface area contributed by atoms with Crippen LogP contribution in [0.15, 0.2) is 48.5 Å². The minimum absolute atomic E-state index is 0.0277. The Kier molecular flexibility index (Phi) is 5.84. The molecule has 2 amide bonds.